The summed E-state index contributed by atoms with van der Waals surface area (Å²) in [5.74, 6) is 0. The quantitative estimate of drug-likeness (QED) is 0.608. The van der Waals surface area contributed by atoms with Gasteiger partial charge >= 0.3 is 0 Å². The average molecular weight is 373 g/mol. The molecule has 27 heavy (non-hydrogen) atoms. The molecule has 0 heterocycles. The Hall–Kier alpha value is -1.95. The summed E-state index contributed by atoms with van der Waals surface area (Å²) in [5.41, 5.74) is 1.45. The van der Waals surface area contributed by atoms with Crippen molar-refractivity contribution < 1.29 is 0 Å². The Bertz CT molecular complexity index is 786. The molecule has 0 aliphatic heterocycles. The van der Waals surface area contributed by atoms with Crippen LogP contribution in [0.15, 0.2) is 84.9 Å². The van der Waals surface area contributed by atoms with Crippen molar-refractivity contribution in [1.82, 2.24) is 5.32 Å². The third kappa shape index (κ3) is 4.67. The van der Waals surface area contributed by atoms with Gasteiger partial charge < -0.3 is 5.32 Å². The zero-order valence-electron chi connectivity index (χ0n) is 15.9. The lowest BCUT2D eigenvalue weighted by Gasteiger charge is -2.26. The maximum atomic E-state index is 3.85. The molecule has 1 N–H and O–H groups in total. The van der Waals surface area contributed by atoms with Crippen LogP contribution in [0.25, 0.3) is 0 Å². The first-order valence-electron chi connectivity index (χ1n) is 10.1. The molecule has 1 saturated carbocycles. The number of hydrogen-bond acceptors (Lipinski definition) is 1. The Kier molecular flexibility index (Phi) is 6.35. The highest BCUT2D eigenvalue weighted by Crippen LogP contribution is 2.34. The van der Waals surface area contributed by atoms with Gasteiger partial charge in [-0.05, 0) is 42.2 Å². The highest BCUT2D eigenvalue weighted by Gasteiger charge is 2.20. The zero-order valence-corrected chi connectivity index (χ0v) is 16.7. The van der Waals surface area contributed by atoms with E-state index in [1.54, 1.807) is 0 Å². The second-order valence-corrected chi connectivity index (χ2v) is 9.54. The molecule has 1 nitrogen and oxygen atoms in total. The molecule has 3 aromatic rings. The van der Waals surface area contributed by atoms with E-state index in [0.29, 0.717) is 6.04 Å². The summed E-state index contributed by atoms with van der Waals surface area (Å²) in [6.45, 7) is 0.972. The monoisotopic (exact) mass is 373 g/mol. The third-order valence-electron chi connectivity index (χ3n) is 5.45. The molecule has 0 radical (unpaired) electrons. The van der Waals surface area contributed by atoms with Crippen LogP contribution in [0.1, 0.15) is 37.7 Å². The molecular formula is C25H28NP. The predicted molar refractivity (Wildman–Crippen MR) is 119 cm³/mol. The van der Waals surface area contributed by atoms with Crippen molar-refractivity contribution in [2.75, 3.05) is 0 Å². The summed E-state index contributed by atoms with van der Waals surface area (Å²) in [7, 11) is -0.536. The first-order valence-corrected chi connectivity index (χ1v) is 11.5. The van der Waals surface area contributed by atoms with Gasteiger partial charge in [-0.25, -0.2) is 0 Å². The van der Waals surface area contributed by atoms with Crippen LogP contribution in [0.3, 0.4) is 0 Å². The Balaban J connectivity index is 1.66. The van der Waals surface area contributed by atoms with Gasteiger partial charge in [0.15, 0.2) is 0 Å². The minimum atomic E-state index is -0.536. The third-order valence-corrected chi connectivity index (χ3v) is 7.99. The minimum Gasteiger partial charge on any atom is -0.310 e. The van der Waals surface area contributed by atoms with Gasteiger partial charge in [-0.15, -0.1) is 0 Å². The van der Waals surface area contributed by atoms with Gasteiger partial charge in [0.25, 0.3) is 0 Å². The van der Waals surface area contributed by atoms with Gasteiger partial charge in [-0.1, -0.05) is 104 Å². The summed E-state index contributed by atoms with van der Waals surface area (Å²) in [6.07, 6.45) is 6.81. The number of rotatable bonds is 6. The number of nitrogens with one attached hydrogen (secondary N) is 1. The lowest BCUT2D eigenvalue weighted by Crippen LogP contribution is -2.33. The first kappa shape index (κ1) is 18.4. The number of hydrogen-bond donors (Lipinski definition) is 1. The van der Waals surface area contributed by atoms with E-state index in [0.717, 1.165) is 6.54 Å². The summed E-state index contributed by atoms with van der Waals surface area (Å²) in [4.78, 5) is 0. The largest absolute Gasteiger partial charge is 0.310 e. The van der Waals surface area contributed by atoms with E-state index in [9.17, 15) is 0 Å². The molecule has 0 spiro atoms. The van der Waals surface area contributed by atoms with Crippen LogP contribution in [0.4, 0.5) is 0 Å². The molecule has 4 rings (SSSR count). The van der Waals surface area contributed by atoms with E-state index in [-0.39, 0.29) is 0 Å². The molecule has 0 amide bonds. The second kappa shape index (κ2) is 9.31. The van der Waals surface area contributed by atoms with Crippen molar-refractivity contribution in [1.29, 1.82) is 0 Å². The molecule has 1 fully saturated rings. The van der Waals surface area contributed by atoms with Crippen LogP contribution in [-0.2, 0) is 6.54 Å². The van der Waals surface area contributed by atoms with Crippen molar-refractivity contribution in [2.24, 2.45) is 0 Å². The Morgan fingerprint density at radius 1 is 0.667 bits per heavy atom. The molecule has 0 unspecified atom stereocenters. The smallest absolute Gasteiger partial charge is 0.0214 e. The molecule has 3 aromatic carbocycles. The van der Waals surface area contributed by atoms with E-state index in [4.69, 9.17) is 0 Å². The van der Waals surface area contributed by atoms with Gasteiger partial charge in [-0.3, -0.25) is 0 Å². The summed E-state index contributed by atoms with van der Waals surface area (Å²) in [5, 5.41) is 8.17. The van der Waals surface area contributed by atoms with E-state index < -0.39 is 7.92 Å². The van der Waals surface area contributed by atoms with Gasteiger partial charge in [-0.2, -0.15) is 0 Å². The van der Waals surface area contributed by atoms with E-state index in [1.165, 1.54) is 53.6 Å². The van der Waals surface area contributed by atoms with Crippen LogP contribution in [-0.4, -0.2) is 6.04 Å². The fraction of sp³-hybridized carbons (Fsp3) is 0.280. The first-order chi connectivity index (χ1) is 13.4. The van der Waals surface area contributed by atoms with Crippen LogP contribution >= 0.6 is 7.92 Å². The Morgan fingerprint density at radius 2 is 1.22 bits per heavy atom. The summed E-state index contributed by atoms with van der Waals surface area (Å²) < 4.78 is 0. The van der Waals surface area contributed by atoms with E-state index >= 15 is 0 Å². The van der Waals surface area contributed by atoms with Gasteiger partial charge in [0, 0.05) is 12.6 Å². The maximum absolute atomic E-state index is 3.85. The van der Waals surface area contributed by atoms with Gasteiger partial charge in [0.1, 0.15) is 0 Å². The Labute approximate surface area is 164 Å². The topological polar surface area (TPSA) is 12.0 Å². The minimum absolute atomic E-state index is 0.536. The van der Waals surface area contributed by atoms with Gasteiger partial charge in [0.2, 0.25) is 0 Å². The van der Waals surface area contributed by atoms with Crippen molar-refractivity contribution in [2.45, 2.75) is 44.7 Å². The maximum Gasteiger partial charge on any atom is 0.0214 e. The molecule has 1 aliphatic carbocycles. The molecule has 0 aromatic heterocycles. The summed E-state index contributed by atoms with van der Waals surface area (Å²) >= 11 is 0. The number of benzene rings is 3. The highest BCUT2D eigenvalue weighted by atomic mass is 31.1. The van der Waals surface area contributed by atoms with Crippen molar-refractivity contribution >= 4 is 23.8 Å². The normalized spacial score (nSPS) is 15.1. The lowest BCUT2D eigenvalue weighted by molar-refractivity contribution is 0.372. The molecule has 0 bridgehead atoms. The van der Waals surface area contributed by atoms with Crippen molar-refractivity contribution in [3.8, 4) is 0 Å². The highest BCUT2D eigenvalue weighted by molar-refractivity contribution is 7.79. The zero-order chi connectivity index (χ0) is 18.3. The van der Waals surface area contributed by atoms with Crippen molar-refractivity contribution in [3.63, 3.8) is 0 Å². The van der Waals surface area contributed by atoms with Crippen LogP contribution in [0.2, 0.25) is 0 Å². The fourth-order valence-corrected chi connectivity index (χ4v) is 6.49. The Morgan fingerprint density at radius 3 is 1.85 bits per heavy atom. The predicted octanol–water partition coefficient (Wildman–Crippen LogP) is 4.87. The van der Waals surface area contributed by atoms with E-state index in [1.807, 2.05) is 0 Å². The van der Waals surface area contributed by atoms with E-state index in [2.05, 4.69) is 90.2 Å². The molecule has 138 valence electrons. The lowest BCUT2D eigenvalue weighted by atomic mass is 9.95. The van der Waals surface area contributed by atoms with Crippen molar-refractivity contribution in [3.05, 3.63) is 90.5 Å². The molecule has 0 atom stereocenters. The molecular weight excluding hydrogens is 345 g/mol. The van der Waals surface area contributed by atoms with Gasteiger partial charge in [0.05, 0.1) is 0 Å². The average Bonchev–Trinajstić information content (AvgIpc) is 2.76. The molecule has 0 saturated heterocycles. The molecule has 1 aliphatic rings. The second-order valence-electron chi connectivity index (χ2n) is 7.35. The standard InChI is InChI=1S/C25H28NP/c1-4-13-22(14-5-1)26-20-21-12-10-11-19-25(21)27(23-15-6-2-7-16-23)24-17-8-3-9-18-24/h2-3,6-12,15-19,22,26H,1,4-5,13-14,20H2. The summed E-state index contributed by atoms with van der Waals surface area (Å²) in [6, 6.07) is 31.7. The van der Waals surface area contributed by atoms with Crippen LogP contribution in [0, 0.1) is 0 Å². The SMILES string of the molecule is c1ccc(P(c2ccccc2)c2ccccc2CNC2CCCCC2)cc1. The molecule has 2 heteroatoms. The van der Waals surface area contributed by atoms with Crippen LogP contribution in [0.5, 0.6) is 0 Å². The van der Waals surface area contributed by atoms with Crippen LogP contribution < -0.4 is 21.2 Å². The fourth-order valence-electron chi connectivity index (χ4n) is 4.02.